The Labute approximate surface area is 118 Å². The first-order chi connectivity index (χ1) is 9.24. The molecule has 0 amide bonds. The van der Waals surface area contributed by atoms with Crippen LogP contribution in [0.5, 0.6) is 0 Å². The second-order valence-electron chi connectivity index (χ2n) is 4.57. The quantitative estimate of drug-likeness (QED) is 0.836. The molecule has 0 aromatic carbocycles. The first kappa shape index (κ1) is 14.2. The van der Waals surface area contributed by atoms with Crippen molar-refractivity contribution in [2.75, 3.05) is 11.9 Å². The highest BCUT2D eigenvalue weighted by Gasteiger charge is 2.09. The summed E-state index contributed by atoms with van der Waals surface area (Å²) in [5.74, 6) is 1.67. The molecule has 0 saturated carbocycles. The highest BCUT2D eigenvalue weighted by Crippen LogP contribution is 2.25. The number of hydrogen-bond donors (Lipinski definition) is 1. The van der Waals surface area contributed by atoms with Crippen molar-refractivity contribution >= 4 is 27.4 Å². The van der Waals surface area contributed by atoms with Gasteiger partial charge in [0.1, 0.15) is 17.3 Å². The predicted octanol–water partition coefficient (Wildman–Crippen LogP) is 3.83. The first-order valence-corrected chi connectivity index (χ1v) is 7.72. The lowest BCUT2D eigenvalue weighted by atomic mass is 10.2. The summed E-state index contributed by atoms with van der Waals surface area (Å²) in [7, 11) is 0. The molecule has 2 rings (SSSR count). The number of nitrogens with zero attached hydrogens (tertiary/aromatic N) is 2. The minimum Gasteiger partial charge on any atom is -0.371 e. The van der Waals surface area contributed by atoms with Gasteiger partial charge in [-0.15, -0.1) is 11.3 Å². The number of aromatic nitrogens is 2. The monoisotopic (exact) mass is 279 g/mol. The molecule has 0 fully saturated rings. The average Bonchev–Trinajstić information content (AvgIpc) is 2.85. The zero-order chi connectivity index (χ0) is 13.7. The highest BCUT2D eigenvalue weighted by atomic mass is 32.1. The van der Waals surface area contributed by atoms with Gasteiger partial charge in [0, 0.05) is 6.54 Å². The van der Waals surface area contributed by atoms with Gasteiger partial charge in [0.2, 0.25) is 0 Å². The van der Waals surface area contributed by atoms with E-state index < -0.39 is 0 Å². The van der Waals surface area contributed by atoms with Gasteiger partial charge in [0.25, 0.3) is 0 Å². The molecule has 0 aliphatic carbocycles. The fourth-order valence-corrected chi connectivity index (χ4v) is 2.76. The van der Waals surface area contributed by atoms with Crippen LogP contribution in [-0.2, 0) is 11.3 Å². The summed E-state index contributed by atoms with van der Waals surface area (Å²) in [6, 6.07) is 2.06. The molecule has 0 saturated heterocycles. The number of nitrogens with one attached hydrogen (secondary N) is 1. The van der Waals surface area contributed by atoms with E-state index in [1.807, 2.05) is 5.38 Å². The van der Waals surface area contributed by atoms with E-state index in [1.54, 1.807) is 11.3 Å². The molecule has 1 atom stereocenters. The van der Waals surface area contributed by atoms with Crippen molar-refractivity contribution in [1.29, 1.82) is 0 Å². The van der Waals surface area contributed by atoms with Crippen LogP contribution in [0, 0.1) is 0 Å². The number of rotatable bonds is 7. The Morgan fingerprint density at radius 2 is 2.21 bits per heavy atom. The van der Waals surface area contributed by atoms with Crippen molar-refractivity contribution < 1.29 is 4.74 Å². The second kappa shape index (κ2) is 6.82. The van der Waals surface area contributed by atoms with Crippen LogP contribution in [0.2, 0.25) is 0 Å². The van der Waals surface area contributed by atoms with Crippen LogP contribution >= 0.6 is 11.3 Å². The Bertz CT molecular complexity index is 526. The third-order valence-electron chi connectivity index (χ3n) is 2.91. The van der Waals surface area contributed by atoms with Crippen LogP contribution in [0.3, 0.4) is 0 Å². The maximum Gasteiger partial charge on any atom is 0.158 e. The lowest BCUT2D eigenvalue weighted by Crippen LogP contribution is -2.10. The van der Waals surface area contributed by atoms with E-state index in [1.165, 1.54) is 0 Å². The molecule has 4 nitrogen and oxygen atoms in total. The van der Waals surface area contributed by atoms with Gasteiger partial charge in [-0.2, -0.15) is 0 Å². The van der Waals surface area contributed by atoms with Crippen LogP contribution in [0.25, 0.3) is 10.2 Å². The molecule has 2 aromatic heterocycles. The van der Waals surface area contributed by atoms with E-state index in [2.05, 4.69) is 42.1 Å². The Morgan fingerprint density at radius 1 is 1.37 bits per heavy atom. The van der Waals surface area contributed by atoms with E-state index in [0.29, 0.717) is 6.61 Å². The maximum atomic E-state index is 5.78. The molecule has 0 spiro atoms. The topological polar surface area (TPSA) is 47.0 Å². The molecule has 2 aromatic rings. The van der Waals surface area contributed by atoms with Gasteiger partial charge in [-0.3, -0.25) is 0 Å². The third kappa shape index (κ3) is 3.64. The predicted molar refractivity (Wildman–Crippen MR) is 80.7 cm³/mol. The molecule has 104 valence electrons. The summed E-state index contributed by atoms with van der Waals surface area (Å²) in [6.45, 7) is 7.66. The van der Waals surface area contributed by atoms with E-state index in [9.17, 15) is 0 Å². The van der Waals surface area contributed by atoms with E-state index in [-0.39, 0.29) is 6.10 Å². The number of ether oxygens (including phenoxy) is 1. The fourth-order valence-electron chi connectivity index (χ4n) is 1.97. The van der Waals surface area contributed by atoms with Crippen molar-refractivity contribution in [3.63, 3.8) is 0 Å². The van der Waals surface area contributed by atoms with Gasteiger partial charge in [0.15, 0.2) is 5.82 Å². The molecular weight excluding hydrogens is 258 g/mol. The summed E-state index contributed by atoms with van der Waals surface area (Å²) >= 11 is 1.64. The van der Waals surface area contributed by atoms with Crippen molar-refractivity contribution in [3.8, 4) is 0 Å². The second-order valence-corrected chi connectivity index (χ2v) is 5.46. The molecule has 2 heterocycles. The molecule has 5 heteroatoms. The fraction of sp³-hybridized carbons (Fsp3) is 0.571. The Kier molecular flexibility index (Phi) is 5.10. The Balaban J connectivity index is 2.14. The molecule has 0 bridgehead atoms. The number of anilines is 1. The minimum atomic E-state index is 0.259. The first-order valence-electron chi connectivity index (χ1n) is 6.84. The van der Waals surface area contributed by atoms with Crippen molar-refractivity contribution in [3.05, 3.63) is 17.3 Å². The summed E-state index contributed by atoms with van der Waals surface area (Å²) in [5, 5.41) is 6.43. The number of fused-ring (bicyclic) bond motifs is 1. The maximum absolute atomic E-state index is 5.78. The normalized spacial score (nSPS) is 12.8. The van der Waals surface area contributed by atoms with Crippen LogP contribution in [-0.4, -0.2) is 22.6 Å². The van der Waals surface area contributed by atoms with Gasteiger partial charge in [-0.25, -0.2) is 9.97 Å². The van der Waals surface area contributed by atoms with E-state index in [4.69, 9.17) is 4.74 Å². The zero-order valence-electron chi connectivity index (χ0n) is 11.8. The van der Waals surface area contributed by atoms with Gasteiger partial charge in [0.05, 0.1) is 11.5 Å². The van der Waals surface area contributed by atoms with Gasteiger partial charge in [-0.05, 0) is 31.7 Å². The summed E-state index contributed by atoms with van der Waals surface area (Å²) in [6.07, 6.45) is 2.46. The lowest BCUT2D eigenvalue weighted by molar-refractivity contribution is 0.0434. The number of hydrogen-bond acceptors (Lipinski definition) is 5. The molecule has 0 aliphatic heterocycles. The standard InChI is InChI=1S/C14H21N3OS/c1-4-6-10(3)18-9-12-16-13(15-5-2)11-7-8-19-14(11)17-12/h7-8,10H,4-6,9H2,1-3H3,(H,15,16,17). The SMILES string of the molecule is CCCC(C)OCc1nc(NCC)c2ccsc2n1. The molecule has 1 unspecified atom stereocenters. The van der Waals surface area contributed by atoms with Crippen molar-refractivity contribution in [1.82, 2.24) is 9.97 Å². The van der Waals surface area contributed by atoms with Gasteiger partial charge < -0.3 is 10.1 Å². The zero-order valence-corrected chi connectivity index (χ0v) is 12.6. The van der Waals surface area contributed by atoms with Crippen LogP contribution in [0.4, 0.5) is 5.82 Å². The third-order valence-corrected chi connectivity index (χ3v) is 3.71. The summed E-state index contributed by atoms with van der Waals surface area (Å²) < 4.78 is 5.78. The van der Waals surface area contributed by atoms with E-state index in [0.717, 1.165) is 41.2 Å². The summed E-state index contributed by atoms with van der Waals surface area (Å²) in [4.78, 5) is 10.1. The van der Waals surface area contributed by atoms with Gasteiger partial charge in [-0.1, -0.05) is 13.3 Å². The molecule has 1 N–H and O–H groups in total. The Morgan fingerprint density at radius 3 is 2.95 bits per heavy atom. The van der Waals surface area contributed by atoms with Crippen LogP contribution < -0.4 is 5.32 Å². The molecular formula is C14H21N3OS. The smallest absolute Gasteiger partial charge is 0.158 e. The average molecular weight is 279 g/mol. The van der Waals surface area contributed by atoms with Gasteiger partial charge >= 0.3 is 0 Å². The lowest BCUT2D eigenvalue weighted by Gasteiger charge is -2.12. The van der Waals surface area contributed by atoms with Crippen LogP contribution in [0.1, 0.15) is 39.4 Å². The minimum absolute atomic E-state index is 0.259. The summed E-state index contributed by atoms with van der Waals surface area (Å²) in [5.41, 5.74) is 0. The molecule has 0 radical (unpaired) electrons. The highest BCUT2D eigenvalue weighted by molar-refractivity contribution is 7.16. The van der Waals surface area contributed by atoms with Crippen molar-refractivity contribution in [2.45, 2.75) is 46.3 Å². The van der Waals surface area contributed by atoms with Crippen molar-refractivity contribution in [2.24, 2.45) is 0 Å². The molecule has 0 aliphatic rings. The Hall–Kier alpha value is -1.20. The van der Waals surface area contributed by atoms with E-state index >= 15 is 0 Å². The van der Waals surface area contributed by atoms with Crippen LogP contribution in [0.15, 0.2) is 11.4 Å². The molecule has 19 heavy (non-hydrogen) atoms. The number of thiophene rings is 1. The largest absolute Gasteiger partial charge is 0.371 e.